The first-order chi connectivity index (χ1) is 14.6. The van der Waals surface area contributed by atoms with Crippen molar-refractivity contribution in [2.24, 2.45) is 0 Å². The summed E-state index contributed by atoms with van der Waals surface area (Å²) in [6.45, 7) is 0.241. The van der Waals surface area contributed by atoms with Crippen LogP contribution in [0.4, 0.5) is 0 Å². The van der Waals surface area contributed by atoms with Crippen molar-refractivity contribution < 1.29 is 14.7 Å². The molecule has 0 bridgehead atoms. The minimum Gasteiger partial charge on any atom is -0.478 e. The summed E-state index contributed by atoms with van der Waals surface area (Å²) in [6.07, 6.45) is 0. The topological polar surface area (TPSA) is 97.1 Å². The van der Waals surface area contributed by atoms with Gasteiger partial charge in [-0.05, 0) is 29.8 Å². The molecule has 0 saturated carbocycles. The molecule has 30 heavy (non-hydrogen) atoms. The van der Waals surface area contributed by atoms with Gasteiger partial charge in [0.15, 0.2) is 5.69 Å². The molecule has 2 N–H and O–H groups in total. The summed E-state index contributed by atoms with van der Waals surface area (Å²) in [5, 5.41) is 20.2. The van der Waals surface area contributed by atoms with Gasteiger partial charge in [0.1, 0.15) is 5.69 Å². The quantitative estimate of drug-likeness (QED) is 0.518. The van der Waals surface area contributed by atoms with Gasteiger partial charge in [0.25, 0.3) is 5.91 Å². The standard InChI is InChI=1S/C23H18N4O3/c28-22(24-15-16-11-13-18(14-12-16)23(29)30)20-21(17-7-3-1-4-8-17)27(26-25-20)19-9-5-2-6-10-19/h1-14H,15H2,(H,24,28)(H,29,30). The largest absolute Gasteiger partial charge is 0.478 e. The Morgan fingerprint density at radius 2 is 1.50 bits per heavy atom. The lowest BCUT2D eigenvalue weighted by molar-refractivity contribution is 0.0696. The van der Waals surface area contributed by atoms with Crippen molar-refractivity contribution in [3.05, 3.63) is 102 Å². The van der Waals surface area contributed by atoms with Gasteiger partial charge in [-0.25, -0.2) is 9.48 Å². The Kier molecular flexibility index (Phi) is 5.34. The van der Waals surface area contributed by atoms with Crippen molar-refractivity contribution >= 4 is 11.9 Å². The first-order valence-electron chi connectivity index (χ1n) is 9.30. The molecule has 7 nitrogen and oxygen atoms in total. The van der Waals surface area contributed by atoms with Gasteiger partial charge in [0.2, 0.25) is 0 Å². The van der Waals surface area contributed by atoms with Crippen LogP contribution in [0.15, 0.2) is 84.9 Å². The Balaban J connectivity index is 1.62. The minimum atomic E-state index is -0.990. The molecule has 0 radical (unpaired) electrons. The molecular formula is C23H18N4O3. The molecule has 7 heteroatoms. The van der Waals surface area contributed by atoms with E-state index < -0.39 is 5.97 Å². The second kappa shape index (κ2) is 8.40. The van der Waals surface area contributed by atoms with Gasteiger partial charge in [0, 0.05) is 12.1 Å². The number of nitrogens with one attached hydrogen (secondary N) is 1. The van der Waals surface area contributed by atoms with Gasteiger partial charge in [-0.3, -0.25) is 4.79 Å². The van der Waals surface area contributed by atoms with Crippen molar-refractivity contribution in [2.45, 2.75) is 6.54 Å². The van der Waals surface area contributed by atoms with E-state index >= 15 is 0 Å². The highest BCUT2D eigenvalue weighted by Gasteiger charge is 2.21. The summed E-state index contributed by atoms with van der Waals surface area (Å²) in [5.74, 6) is -1.35. The molecule has 0 saturated heterocycles. The lowest BCUT2D eigenvalue weighted by atomic mass is 10.1. The molecule has 3 aromatic carbocycles. The molecule has 0 atom stereocenters. The molecule has 1 amide bonds. The summed E-state index contributed by atoms with van der Waals surface area (Å²) < 4.78 is 1.64. The van der Waals surface area contributed by atoms with E-state index in [0.717, 1.165) is 16.8 Å². The van der Waals surface area contributed by atoms with Crippen LogP contribution in [0.25, 0.3) is 16.9 Å². The van der Waals surface area contributed by atoms with E-state index in [9.17, 15) is 9.59 Å². The van der Waals surface area contributed by atoms with Gasteiger partial charge >= 0.3 is 5.97 Å². The normalized spacial score (nSPS) is 10.5. The zero-order chi connectivity index (χ0) is 20.9. The summed E-state index contributed by atoms with van der Waals surface area (Å²) >= 11 is 0. The SMILES string of the molecule is O=C(O)c1ccc(CNC(=O)c2nnn(-c3ccccc3)c2-c2ccccc2)cc1. The number of aromatic carboxylic acids is 1. The van der Waals surface area contributed by atoms with Crippen molar-refractivity contribution in [1.82, 2.24) is 20.3 Å². The Morgan fingerprint density at radius 3 is 2.13 bits per heavy atom. The predicted molar refractivity (Wildman–Crippen MR) is 111 cm³/mol. The van der Waals surface area contributed by atoms with Gasteiger partial charge in [0.05, 0.1) is 11.3 Å². The number of rotatable bonds is 6. The lowest BCUT2D eigenvalue weighted by Crippen LogP contribution is -2.24. The number of benzene rings is 3. The number of carbonyl (C=O) groups excluding carboxylic acids is 1. The molecule has 4 aromatic rings. The second-order valence-corrected chi connectivity index (χ2v) is 6.58. The average Bonchev–Trinajstić information content (AvgIpc) is 3.24. The van der Waals surface area contributed by atoms with Crippen LogP contribution < -0.4 is 5.32 Å². The van der Waals surface area contributed by atoms with Crippen molar-refractivity contribution in [2.75, 3.05) is 0 Å². The van der Waals surface area contributed by atoms with Gasteiger partial charge in [-0.15, -0.1) is 5.10 Å². The van der Waals surface area contributed by atoms with Crippen molar-refractivity contribution in [3.63, 3.8) is 0 Å². The summed E-state index contributed by atoms with van der Waals surface area (Å²) in [4.78, 5) is 23.9. The third-order valence-electron chi connectivity index (χ3n) is 4.59. The van der Waals surface area contributed by atoms with E-state index in [1.807, 2.05) is 60.7 Å². The van der Waals surface area contributed by atoms with Crippen LogP contribution in [0.3, 0.4) is 0 Å². The maximum atomic E-state index is 12.9. The highest BCUT2D eigenvalue weighted by Crippen LogP contribution is 2.25. The molecule has 4 rings (SSSR count). The number of aromatic nitrogens is 3. The Hall–Kier alpha value is -4.26. The molecule has 0 fully saturated rings. The average molecular weight is 398 g/mol. The van der Waals surface area contributed by atoms with E-state index in [1.165, 1.54) is 12.1 Å². The van der Waals surface area contributed by atoms with E-state index in [1.54, 1.807) is 16.8 Å². The summed E-state index contributed by atoms with van der Waals surface area (Å²) in [6, 6.07) is 25.3. The van der Waals surface area contributed by atoms with Crippen LogP contribution in [-0.4, -0.2) is 32.0 Å². The van der Waals surface area contributed by atoms with E-state index in [-0.39, 0.29) is 23.7 Å². The number of amides is 1. The molecule has 0 aliphatic carbocycles. The van der Waals surface area contributed by atoms with Gasteiger partial charge in [-0.2, -0.15) is 0 Å². The number of nitrogens with zero attached hydrogens (tertiary/aromatic N) is 3. The summed E-state index contributed by atoms with van der Waals surface area (Å²) in [5.41, 5.74) is 3.41. The fourth-order valence-corrected chi connectivity index (χ4v) is 3.07. The molecule has 0 unspecified atom stereocenters. The van der Waals surface area contributed by atoms with E-state index in [2.05, 4.69) is 15.6 Å². The molecule has 0 aliphatic rings. The second-order valence-electron chi connectivity index (χ2n) is 6.58. The minimum absolute atomic E-state index is 0.197. The van der Waals surface area contributed by atoms with Crippen LogP contribution in [0, 0.1) is 0 Å². The first kappa shape index (κ1) is 19.1. The maximum absolute atomic E-state index is 12.9. The smallest absolute Gasteiger partial charge is 0.335 e. The third kappa shape index (κ3) is 3.95. The van der Waals surface area contributed by atoms with Gasteiger partial charge < -0.3 is 10.4 Å². The number of hydrogen-bond acceptors (Lipinski definition) is 4. The molecule has 0 spiro atoms. The lowest BCUT2D eigenvalue weighted by Gasteiger charge is -2.09. The zero-order valence-electron chi connectivity index (χ0n) is 15.9. The summed E-state index contributed by atoms with van der Waals surface area (Å²) in [7, 11) is 0. The highest BCUT2D eigenvalue weighted by molar-refractivity contribution is 5.98. The maximum Gasteiger partial charge on any atom is 0.335 e. The van der Waals surface area contributed by atoms with Crippen LogP contribution in [0.5, 0.6) is 0 Å². The van der Waals surface area contributed by atoms with E-state index in [0.29, 0.717) is 5.69 Å². The predicted octanol–water partition coefficient (Wildman–Crippen LogP) is 3.56. The zero-order valence-corrected chi connectivity index (χ0v) is 15.9. The monoisotopic (exact) mass is 398 g/mol. The number of para-hydroxylation sites is 1. The number of carboxylic acid groups (broad SMARTS) is 1. The number of hydrogen-bond donors (Lipinski definition) is 2. The third-order valence-corrected chi connectivity index (χ3v) is 4.59. The van der Waals surface area contributed by atoms with Crippen LogP contribution in [0.1, 0.15) is 26.4 Å². The fourth-order valence-electron chi connectivity index (χ4n) is 3.07. The Bertz CT molecular complexity index is 1170. The molecule has 1 aromatic heterocycles. The molecular weight excluding hydrogens is 380 g/mol. The fraction of sp³-hybridized carbons (Fsp3) is 0.0435. The van der Waals surface area contributed by atoms with Gasteiger partial charge in [-0.1, -0.05) is 65.9 Å². The molecule has 1 heterocycles. The van der Waals surface area contributed by atoms with E-state index in [4.69, 9.17) is 5.11 Å². The van der Waals surface area contributed by atoms with Crippen LogP contribution >= 0.6 is 0 Å². The molecule has 0 aliphatic heterocycles. The van der Waals surface area contributed by atoms with Crippen molar-refractivity contribution in [1.29, 1.82) is 0 Å². The first-order valence-corrected chi connectivity index (χ1v) is 9.30. The van der Waals surface area contributed by atoms with Crippen molar-refractivity contribution in [3.8, 4) is 16.9 Å². The Morgan fingerprint density at radius 1 is 0.867 bits per heavy atom. The van der Waals surface area contributed by atoms with Crippen LogP contribution in [0.2, 0.25) is 0 Å². The Labute approximate surface area is 172 Å². The number of carbonyl (C=O) groups is 2. The molecule has 148 valence electrons. The number of carboxylic acids is 1. The highest BCUT2D eigenvalue weighted by atomic mass is 16.4. The van der Waals surface area contributed by atoms with Crippen LogP contribution in [-0.2, 0) is 6.54 Å².